The fourth-order valence-corrected chi connectivity index (χ4v) is 2.76. The van der Waals surface area contributed by atoms with E-state index in [0.717, 1.165) is 5.56 Å². The Kier molecular flexibility index (Phi) is 5.92. The molecule has 0 bridgehead atoms. The van der Waals surface area contributed by atoms with Gasteiger partial charge in [0.25, 0.3) is 0 Å². The SMILES string of the molecule is CC(C)c1ccc(C(=O)/C=C/c2ccc(C(=O)O)cc2)cc1C(C)C. The number of carbonyl (C=O) groups excluding carboxylic acids is 1. The van der Waals surface area contributed by atoms with Gasteiger partial charge in [-0.05, 0) is 52.8 Å². The van der Waals surface area contributed by atoms with E-state index in [4.69, 9.17) is 5.11 Å². The molecule has 3 nitrogen and oxygen atoms in total. The number of benzene rings is 2. The normalized spacial score (nSPS) is 11.4. The van der Waals surface area contributed by atoms with Gasteiger partial charge in [0.2, 0.25) is 0 Å². The number of carboxylic acid groups (broad SMARTS) is 1. The Bertz CT molecular complexity index is 797. The van der Waals surface area contributed by atoms with E-state index in [1.165, 1.54) is 29.3 Å². The lowest BCUT2D eigenvalue weighted by molar-refractivity contribution is 0.0696. The van der Waals surface area contributed by atoms with Gasteiger partial charge >= 0.3 is 5.97 Å². The molecule has 0 atom stereocenters. The molecule has 3 heteroatoms. The number of hydrogen-bond acceptors (Lipinski definition) is 2. The smallest absolute Gasteiger partial charge is 0.335 e. The molecule has 0 heterocycles. The zero-order chi connectivity index (χ0) is 18.6. The first-order valence-electron chi connectivity index (χ1n) is 8.49. The summed E-state index contributed by atoms with van der Waals surface area (Å²) in [5, 5.41) is 8.90. The van der Waals surface area contributed by atoms with Crippen molar-refractivity contribution >= 4 is 17.8 Å². The fourth-order valence-electron chi connectivity index (χ4n) is 2.76. The topological polar surface area (TPSA) is 54.4 Å². The van der Waals surface area contributed by atoms with Crippen LogP contribution in [0.3, 0.4) is 0 Å². The van der Waals surface area contributed by atoms with E-state index in [9.17, 15) is 9.59 Å². The van der Waals surface area contributed by atoms with Gasteiger partial charge in [0.1, 0.15) is 0 Å². The second-order valence-corrected chi connectivity index (χ2v) is 6.78. The molecule has 2 aromatic rings. The summed E-state index contributed by atoms with van der Waals surface area (Å²) in [6.45, 7) is 8.58. The average molecular weight is 336 g/mol. The van der Waals surface area contributed by atoms with Crippen LogP contribution in [0.25, 0.3) is 6.08 Å². The first-order chi connectivity index (χ1) is 11.8. The minimum Gasteiger partial charge on any atom is -0.478 e. The average Bonchev–Trinajstić information content (AvgIpc) is 2.59. The van der Waals surface area contributed by atoms with E-state index < -0.39 is 5.97 Å². The molecule has 0 radical (unpaired) electrons. The van der Waals surface area contributed by atoms with Crippen LogP contribution in [0.1, 0.15) is 76.9 Å². The number of carbonyl (C=O) groups is 2. The largest absolute Gasteiger partial charge is 0.478 e. The Morgan fingerprint density at radius 2 is 1.40 bits per heavy atom. The number of aromatic carboxylic acids is 1. The zero-order valence-electron chi connectivity index (χ0n) is 15.1. The van der Waals surface area contributed by atoms with E-state index in [0.29, 0.717) is 17.4 Å². The van der Waals surface area contributed by atoms with Gasteiger partial charge in [-0.3, -0.25) is 4.79 Å². The van der Waals surface area contributed by atoms with Crippen molar-refractivity contribution in [2.24, 2.45) is 0 Å². The highest BCUT2D eigenvalue weighted by Crippen LogP contribution is 2.27. The summed E-state index contributed by atoms with van der Waals surface area (Å²) in [4.78, 5) is 23.3. The van der Waals surface area contributed by atoms with Crippen LogP contribution in [0.15, 0.2) is 48.5 Å². The van der Waals surface area contributed by atoms with Gasteiger partial charge in [-0.25, -0.2) is 4.79 Å². The van der Waals surface area contributed by atoms with Crippen LogP contribution in [-0.2, 0) is 0 Å². The molecule has 0 aliphatic carbocycles. The van der Waals surface area contributed by atoms with Crippen molar-refractivity contribution in [3.8, 4) is 0 Å². The monoisotopic (exact) mass is 336 g/mol. The predicted octanol–water partition coefficient (Wildman–Crippen LogP) is 5.53. The number of ketones is 1. The van der Waals surface area contributed by atoms with E-state index in [2.05, 4.69) is 27.7 Å². The molecule has 2 rings (SSSR count). The Balaban J connectivity index is 2.22. The maximum Gasteiger partial charge on any atom is 0.335 e. The van der Waals surface area contributed by atoms with Gasteiger partial charge in [0.05, 0.1) is 5.56 Å². The Morgan fingerprint density at radius 1 is 0.840 bits per heavy atom. The van der Waals surface area contributed by atoms with E-state index in [1.54, 1.807) is 18.2 Å². The third-order valence-corrected chi connectivity index (χ3v) is 4.20. The molecule has 1 N–H and O–H groups in total. The Hall–Kier alpha value is -2.68. The minimum absolute atomic E-state index is 0.0560. The molecule has 0 fully saturated rings. The van der Waals surface area contributed by atoms with Crippen molar-refractivity contribution in [1.82, 2.24) is 0 Å². The number of allylic oxidation sites excluding steroid dienone is 1. The second kappa shape index (κ2) is 7.93. The van der Waals surface area contributed by atoms with Gasteiger partial charge in [-0.1, -0.05) is 58.0 Å². The van der Waals surface area contributed by atoms with E-state index >= 15 is 0 Å². The molecule has 0 spiro atoms. The molecule has 130 valence electrons. The van der Waals surface area contributed by atoms with Gasteiger partial charge < -0.3 is 5.11 Å². The summed E-state index contributed by atoms with van der Waals surface area (Å²) in [7, 11) is 0. The van der Waals surface area contributed by atoms with Crippen molar-refractivity contribution in [1.29, 1.82) is 0 Å². The molecule has 0 saturated carbocycles. The van der Waals surface area contributed by atoms with Crippen molar-refractivity contribution in [3.05, 3.63) is 76.4 Å². The quantitative estimate of drug-likeness (QED) is 0.557. The molecule has 0 saturated heterocycles. The Morgan fingerprint density at radius 3 is 1.92 bits per heavy atom. The second-order valence-electron chi connectivity index (χ2n) is 6.78. The first-order valence-corrected chi connectivity index (χ1v) is 8.49. The minimum atomic E-state index is -0.960. The van der Waals surface area contributed by atoms with Crippen molar-refractivity contribution in [2.45, 2.75) is 39.5 Å². The van der Waals surface area contributed by atoms with Crippen LogP contribution in [0.2, 0.25) is 0 Å². The number of hydrogen-bond donors (Lipinski definition) is 1. The van der Waals surface area contributed by atoms with Crippen molar-refractivity contribution in [3.63, 3.8) is 0 Å². The lowest BCUT2D eigenvalue weighted by Gasteiger charge is -2.16. The summed E-state index contributed by atoms with van der Waals surface area (Å²) in [5.74, 6) is -0.236. The van der Waals surface area contributed by atoms with E-state index in [1.807, 2.05) is 18.2 Å². The van der Waals surface area contributed by atoms with Crippen LogP contribution in [0.5, 0.6) is 0 Å². The highest BCUT2D eigenvalue weighted by molar-refractivity contribution is 6.07. The third kappa shape index (κ3) is 4.66. The molecule has 0 aliphatic heterocycles. The standard InChI is InChI=1S/C22H24O3/c1-14(2)19-11-10-18(13-20(19)15(3)4)21(23)12-7-16-5-8-17(9-6-16)22(24)25/h5-15H,1-4H3,(H,24,25)/b12-7+. The predicted molar refractivity (Wildman–Crippen MR) is 101 cm³/mol. The summed E-state index contributed by atoms with van der Waals surface area (Å²) < 4.78 is 0. The lowest BCUT2D eigenvalue weighted by Crippen LogP contribution is -2.03. The first kappa shape index (κ1) is 18.7. The Labute approximate surface area is 149 Å². The summed E-state index contributed by atoms with van der Waals surface area (Å²) in [6.07, 6.45) is 3.24. The third-order valence-electron chi connectivity index (χ3n) is 4.20. The van der Waals surface area contributed by atoms with Crippen LogP contribution in [0.4, 0.5) is 0 Å². The summed E-state index contributed by atoms with van der Waals surface area (Å²) in [6, 6.07) is 12.3. The van der Waals surface area contributed by atoms with Crippen LogP contribution in [0, 0.1) is 0 Å². The summed E-state index contributed by atoms with van der Waals surface area (Å²) >= 11 is 0. The van der Waals surface area contributed by atoms with Gasteiger partial charge in [-0.15, -0.1) is 0 Å². The number of rotatable bonds is 6. The molecule has 0 aromatic heterocycles. The number of carboxylic acids is 1. The molecule has 0 aliphatic rings. The van der Waals surface area contributed by atoms with Gasteiger partial charge in [0, 0.05) is 5.56 Å². The highest BCUT2D eigenvalue weighted by Gasteiger charge is 2.12. The van der Waals surface area contributed by atoms with Crippen LogP contribution in [-0.4, -0.2) is 16.9 Å². The van der Waals surface area contributed by atoms with Gasteiger partial charge in [-0.2, -0.15) is 0 Å². The van der Waals surface area contributed by atoms with Crippen molar-refractivity contribution in [2.75, 3.05) is 0 Å². The molecular weight excluding hydrogens is 312 g/mol. The van der Waals surface area contributed by atoms with E-state index in [-0.39, 0.29) is 11.3 Å². The summed E-state index contributed by atoms with van der Waals surface area (Å²) in [5.41, 5.74) is 4.18. The van der Waals surface area contributed by atoms with Gasteiger partial charge in [0.15, 0.2) is 5.78 Å². The van der Waals surface area contributed by atoms with Crippen LogP contribution < -0.4 is 0 Å². The molecule has 2 aromatic carbocycles. The van der Waals surface area contributed by atoms with Crippen molar-refractivity contribution < 1.29 is 14.7 Å². The maximum absolute atomic E-state index is 12.5. The molecule has 0 unspecified atom stereocenters. The molecular formula is C22H24O3. The zero-order valence-corrected chi connectivity index (χ0v) is 15.1. The van der Waals surface area contributed by atoms with Crippen LogP contribution >= 0.6 is 0 Å². The lowest BCUT2D eigenvalue weighted by atomic mass is 9.88. The molecule has 25 heavy (non-hydrogen) atoms. The molecule has 0 amide bonds. The maximum atomic E-state index is 12.5. The fraction of sp³-hybridized carbons (Fsp3) is 0.273. The highest BCUT2D eigenvalue weighted by atomic mass is 16.4.